The number of fused-ring (bicyclic) bond motifs is 2. The van der Waals surface area contributed by atoms with Gasteiger partial charge in [-0.3, -0.25) is 0 Å². The lowest BCUT2D eigenvalue weighted by Gasteiger charge is -2.32. The zero-order valence-electron chi connectivity index (χ0n) is 14.3. The number of hydrogen-bond acceptors (Lipinski definition) is 3. The highest BCUT2D eigenvalue weighted by molar-refractivity contribution is 7.10. The van der Waals surface area contributed by atoms with Gasteiger partial charge in [-0.1, -0.05) is 30.7 Å². The second kappa shape index (κ2) is 6.99. The van der Waals surface area contributed by atoms with Gasteiger partial charge in [0, 0.05) is 10.4 Å². The molecule has 1 aromatic heterocycles. The maximum absolute atomic E-state index is 11.8. The molecule has 1 aliphatic carbocycles. The maximum atomic E-state index is 11.8. The molecule has 1 fully saturated rings. The van der Waals surface area contributed by atoms with Crippen molar-refractivity contribution in [2.75, 3.05) is 19.6 Å². The Morgan fingerprint density at radius 1 is 1.00 bits per heavy atom. The molecule has 128 valence electrons. The lowest BCUT2D eigenvalue weighted by molar-refractivity contribution is 0.0637. The summed E-state index contributed by atoms with van der Waals surface area (Å²) in [6.07, 6.45) is 8.02. The van der Waals surface area contributed by atoms with Crippen LogP contribution in [0.4, 0.5) is 0 Å². The van der Waals surface area contributed by atoms with Crippen molar-refractivity contribution in [3.05, 3.63) is 57.3 Å². The van der Waals surface area contributed by atoms with Crippen LogP contribution in [0, 0.1) is 0 Å². The summed E-state index contributed by atoms with van der Waals surface area (Å²) in [5.74, 6) is 0. The van der Waals surface area contributed by atoms with Crippen LogP contribution in [-0.2, 0) is 18.4 Å². The molecule has 1 aliphatic heterocycles. The van der Waals surface area contributed by atoms with E-state index >= 15 is 0 Å². The number of piperidine rings is 1. The second-order valence-corrected chi connectivity index (χ2v) is 8.28. The molecule has 0 saturated carbocycles. The van der Waals surface area contributed by atoms with Crippen LogP contribution in [0.15, 0.2) is 35.7 Å². The molecule has 2 nitrogen and oxygen atoms in total. The summed E-state index contributed by atoms with van der Waals surface area (Å²) in [6.45, 7) is 3.58. The van der Waals surface area contributed by atoms with Crippen molar-refractivity contribution in [2.45, 2.75) is 50.5 Å². The van der Waals surface area contributed by atoms with Crippen LogP contribution >= 0.6 is 11.3 Å². The highest BCUT2D eigenvalue weighted by Crippen LogP contribution is 2.42. The van der Waals surface area contributed by atoms with Gasteiger partial charge in [0.1, 0.15) is 5.60 Å². The molecule has 4 rings (SSSR count). The molecule has 0 radical (unpaired) electrons. The van der Waals surface area contributed by atoms with Crippen LogP contribution in [0.3, 0.4) is 0 Å². The molecule has 2 aliphatic rings. The van der Waals surface area contributed by atoms with Gasteiger partial charge in [-0.05, 0) is 80.7 Å². The largest absolute Gasteiger partial charge is 0.380 e. The summed E-state index contributed by atoms with van der Waals surface area (Å²) in [4.78, 5) is 3.94. The van der Waals surface area contributed by atoms with Gasteiger partial charge >= 0.3 is 0 Å². The molecule has 2 aromatic rings. The Morgan fingerprint density at radius 3 is 2.71 bits per heavy atom. The number of hydrogen-bond donors (Lipinski definition) is 1. The Bertz CT molecular complexity index is 689. The number of thiophene rings is 1. The van der Waals surface area contributed by atoms with Gasteiger partial charge < -0.3 is 10.0 Å². The fourth-order valence-electron chi connectivity index (χ4n) is 4.45. The zero-order chi connectivity index (χ0) is 16.4. The summed E-state index contributed by atoms with van der Waals surface area (Å²) < 4.78 is 0. The van der Waals surface area contributed by atoms with Gasteiger partial charge in [-0.15, -0.1) is 11.3 Å². The average Bonchev–Trinajstić information content (AvgIpc) is 3.06. The minimum Gasteiger partial charge on any atom is -0.380 e. The SMILES string of the molecule is OC1(CCCN2CCCCC2)c2ccccc2CCc2sccc21. The Hall–Kier alpha value is -1.16. The third kappa shape index (κ3) is 3.05. The maximum Gasteiger partial charge on any atom is 0.116 e. The van der Waals surface area contributed by atoms with Gasteiger partial charge in [-0.2, -0.15) is 0 Å². The number of aryl methyl sites for hydroxylation is 2. The topological polar surface area (TPSA) is 23.5 Å². The quantitative estimate of drug-likeness (QED) is 0.894. The van der Waals surface area contributed by atoms with Crippen LogP contribution in [0.5, 0.6) is 0 Å². The van der Waals surface area contributed by atoms with Gasteiger partial charge in [0.15, 0.2) is 0 Å². The van der Waals surface area contributed by atoms with E-state index in [1.54, 1.807) is 11.3 Å². The van der Waals surface area contributed by atoms with Crippen molar-refractivity contribution in [3.63, 3.8) is 0 Å². The van der Waals surface area contributed by atoms with E-state index in [-0.39, 0.29) is 0 Å². The van der Waals surface area contributed by atoms with Gasteiger partial charge in [0.25, 0.3) is 0 Å². The van der Waals surface area contributed by atoms with Crippen molar-refractivity contribution in [2.24, 2.45) is 0 Å². The van der Waals surface area contributed by atoms with Crippen LogP contribution in [-0.4, -0.2) is 29.6 Å². The summed E-state index contributed by atoms with van der Waals surface area (Å²) in [5.41, 5.74) is 2.82. The molecular weight excluding hydrogens is 314 g/mol. The lowest BCUT2D eigenvalue weighted by Crippen LogP contribution is -2.33. The molecule has 1 unspecified atom stereocenters. The molecule has 0 amide bonds. The molecule has 0 spiro atoms. The summed E-state index contributed by atoms with van der Waals surface area (Å²) in [6, 6.07) is 10.7. The number of nitrogens with zero attached hydrogens (tertiary/aromatic N) is 1. The number of likely N-dealkylation sites (tertiary alicyclic amines) is 1. The lowest BCUT2D eigenvalue weighted by atomic mass is 9.82. The molecule has 1 N–H and O–H groups in total. The molecule has 2 heterocycles. The predicted molar refractivity (Wildman–Crippen MR) is 101 cm³/mol. The van der Waals surface area contributed by atoms with Crippen LogP contribution in [0.1, 0.15) is 53.7 Å². The number of aliphatic hydroxyl groups is 1. The predicted octanol–water partition coefficient (Wildman–Crippen LogP) is 4.35. The third-order valence-corrected chi connectivity index (χ3v) is 6.72. The van der Waals surface area contributed by atoms with E-state index in [1.807, 2.05) is 0 Å². The monoisotopic (exact) mass is 341 g/mol. The minimum atomic E-state index is -0.807. The smallest absolute Gasteiger partial charge is 0.116 e. The molecule has 3 heteroatoms. The summed E-state index contributed by atoms with van der Waals surface area (Å²) in [5, 5.41) is 13.9. The Morgan fingerprint density at radius 2 is 1.83 bits per heavy atom. The molecular formula is C21H27NOS. The second-order valence-electron chi connectivity index (χ2n) is 7.28. The fourth-order valence-corrected chi connectivity index (χ4v) is 5.40. The van der Waals surface area contributed by atoms with Crippen molar-refractivity contribution in [1.82, 2.24) is 4.90 Å². The first-order valence-corrected chi connectivity index (χ1v) is 10.3. The normalized spacial score (nSPS) is 24.2. The molecule has 24 heavy (non-hydrogen) atoms. The summed E-state index contributed by atoms with van der Waals surface area (Å²) in [7, 11) is 0. The minimum absolute atomic E-state index is 0.807. The van der Waals surface area contributed by atoms with Crippen molar-refractivity contribution in [1.29, 1.82) is 0 Å². The van der Waals surface area contributed by atoms with E-state index in [0.29, 0.717) is 0 Å². The Balaban J connectivity index is 1.58. The Labute approximate surface area is 149 Å². The van der Waals surface area contributed by atoms with Crippen LogP contribution in [0.2, 0.25) is 0 Å². The van der Waals surface area contributed by atoms with Gasteiger partial charge in [0.05, 0.1) is 0 Å². The first-order valence-electron chi connectivity index (χ1n) is 9.37. The zero-order valence-corrected chi connectivity index (χ0v) is 15.2. The van der Waals surface area contributed by atoms with Crippen LogP contribution < -0.4 is 0 Å². The molecule has 1 saturated heterocycles. The molecule has 0 bridgehead atoms. The van der Waals surface area contributed by atoms with E-state index < -0.39 is 5.60 Å². The highest BCUT2D eigenvalue weighted by Gasteiger charge is 2.37. The Kier molecular flexibility index (Phi) is 4.75. The van der Waals surface area contributed by atoms with E-state index in [1.165, 1.54) is 42.8 Å². The standard InChI is InChI=1S/C21H27NOS/c23-21(12-6-15-22-13-4-1-5-14-22)18-8-3-2-7-17(18)9-10-20-19(21)11-16-24-20/h2-3,7-8,11,16,23H,1,4-6,9-10,12-15H2. The van der Waals surface area contributed by atoms with E-state index in [9.17, 15) is 5.11 Å². The van der Waals surface area contributed by atoms with E-state index in [2.05, 4.69) is 40.6 Å². The highest BCUT2D eigenvalue weighted by atomic mass is 32.1. The molecule has 1 atom stereocenters. The average molecular weight is 342 g/mol. The number of rotatable bonds is 4. The fraction of sp³-hybridized carbons (Fsp3) is 0.524. The number of benzene rings is 1. The summed E-state index contributed by atoms with van der Waals surface area (Å²) >= 11 is 1.80. The van der Waals surface area contributed by atoms with Crippen molar-refractivity contribution in [3.8, 4) is 0 Å². The van der Waals surface area contributed by atoms with Gasteiger partial charge in [0.2, 0.25) is 0 Å². The van der Waals surface area contributed by atoms with E-state index in [4.69, 9.17) is 0 Å². The molecule has 1 aromatic carbocycles. The third-order valence-electron chi connectivity index (χ3n) is 5.74. The van der Waals surface area contributed by atoms with Crippen molar-refractivity contribution < 1.29 is 5.11 Å². The first-order chi connectivity index (χ1) is 11.8. The van der Waals surface area contributed by atoms with Gasteiger partial charge in [-0.25, -0.2) is 0 Å². The first kappa shape index (κ1) is 16.3. The van der Waals surface area contributed by atoms with Crippen molar-refractivity contribution >= 4 is 11.3 Å². The van der Waals surface area contributed by atoms with E-state index in [0.717, 1.165) is 43.4 Å². The van der Waals surface area contributed by atoms with Crippen LogP contribution in [0.25, 0.3) is 0 Å².